The number of likely N-dealkylation sites (N-methyl/N-ethyl adjacent to an activating group) is 1. The monoisotopic (exact) mass is 286 g/mol. The summed E-state index contributed by atoms with van der Waals surface area (Å²) < 4.78 is 2.02. The molecule has 0 fully saturated rings. The van der Waals surface area contributed by atoms with Gasteiger partial charge >= 0.3 is 0 Å². The van der Waals surface area contributed by atoms with Crippen molar-refractivity contribution in [3.05, 3.63) is 46.8 Å². The van der Waals surface area contributed by atoms with Crippen molar-refractivity contribution in [2.75, 3.05) is 6.54 Å². The molecule has 1 aromatic carbocycles. The van der Waals surface area contributed by atoms with Gasteiger partial charge in [0.05, 0.1) is 17.9 Å². The molecule has 1 unspecified atom stereocenters. The maximum atomic E-state index is 4.21. The van der Waals surface area contributed by atoms with Gasteiger partial charge in [-0.3, -0.25) is 0 Å². The zero-order valence-corrected chi connectivity index (χ0v) is 13.6. The van der Waals surface area contributed by atoms with E-state index < -0.39 is 0 Å². The maximum absolute atomic E-state index is 4.21. The first-order chi connectivity index (χ1) is 10.2. The molecule has 2 aromatic rings. The molecule has 0 aliphatic carbocycles. The molecule has 0 spiro atoms. The van der Waals surface area contributed by atoms with Gasteiger partial charge in [0, 0.05) is 6.54 Å². The van der Waals surface area contributed by atoms with Gasteiger partial charge in [-0.2, -0.15) is 0 Å². The smallest absolute Gasteiger partial charge is 0.0759 e. The molecule has 1 N–H and O–H groups in total. The summed E-state index contributed by atoms with van der Waals surface area (Å²) in [4.78, 5) is 0. The summed E-state index contributed by atoms with van der Waals surface area (Å²) in [6.45, 7) is 10.5. The first-order valence-electron chi connectivity index (χ1n) is 7.83. The van der Waals surface area contributed by atoms with E-state index in [1.165, 1.54) is 22.4 Å². The van der Waals surface area contributed by atoms with Gasteiger partial charge in [-0.1, -0.05) is 37.3 Å². The number of rotatable bonds is 7. The van der Waals surface area contributed by atoms with Crippen LogP contribution in [0.15, 0.2) is 24.4 Å². The standard InChI is InChI=1S/C17H26N4/c1-5-9-21-17(12-19-20-21)16(18-6-2)11-15-8-7-13(3)14(4)10-15/h7-8,10,12,16,18H,5-6,9,11H2,1-4H3. The van der Waals surface area contributed by atoms with Crippen LogP contribution in [0.3, 0.4) is 0 Å². The lowest BCUT2D eigenvalue weighted by Crippen LogP contribution is -2.26. The molecule has 1 heterocycles. The zero-order chi connectivity index (χ0) is 15.2. The molecule has 0 aliphatic rings. The molecule has 0 amide bonds. The van der Waals surface area contributed by atoms with Crippen LogP contribution in [-0.4, -0.2) is 21.5 Å². The second kappa shape index (κ2) is 7.36. The van der Waals surface area contributed by atoms with E-state index in [1.807, 2.05) is 10.9 Å². The third kappa shape index (κ3) is 3.91. The Morgan fingerprint density at radius 1 is 1.19 bits per heavy atom. The average molecular weight is 286 g/mol. The van der Waals surface area contributed by atoms with Crippen molar-refractivity contribution >= 4 is 0 Å². The van der Waals surface area contributed by atoms with E-state index in [4.69, 9.17) is 0 Å². The summed E-state index contributed by atoms with van der Waals surface area (Å²) in [5.41, 5.74) is 5.23. The van der Waals surface area contributed by atoms with Crippen LogP contribution in [0.5, 0.6) is 0 Å². The van der Waals surface area contributed by atoms with Crippen LogP contribution >= 0.6 is 0 Å². The van der Waals surface area contributed by atoms with E-state index in [1.54, 1.807) is 0 Å². The minimum atomic E-state index is 0.263. The Labute approximate surface area is 127 Å². The fraction of sp³-hybridized carbons (Fsp3) is 0.529. The number of aromatic nitrogens is 3. The van der Waals surface area contributed by atoms with Gasteiger partial charge < -0.3 is 5.32 Å². The molecular formula is C17H26N4. The Morgan fingerprint density at radius 2 is 2.00 bits per heavy atom. The highest BCUT2D eigenvalue weighted by molar-refractivity contribution is 5.31. The van der Waals surface area contributed by atoms with Crippen LogP contribution in [0.2, 0.25) is 0 Å². The van der Waals surface area contributed by atoms with Crippen LogP contribution in [0.1, 0.15) is 48.7 Å². The van der Waals surface area contributed by atoms with Crippen molar-refractivity contribution in [3.63, 3.8) is 0 Å². The quantitative estimate of drug-likeness (QED) is 0.850. The first-order valence-corrected chi connectivity index (χ1v) is 7.83. The van der Waals surface area contributed by atoms with Gasteiger partial charge in [-0.15, -0.1) is 5.10 Å². The van der Waals surface area contributed by atoms with Gasteiger partial charge in [0.2, 0.25) is 0 Å². The number of nitrogens with zero attached hydrogens (tertiary/aromatic N) is 3. The highest BCUT2D eigenvalue weighted by atomic mass is 15.4. The molecule has 0 saturated heterocycles. The molecule has 4 nitrogen and oxygen atoms in total. The van der Waals surface area contributed by atoms with Crippen molar-refractivity contribution in [3.8, 4) is 0 Å². The Hall–Kier alpha value is -1.68. The second-order valence-corrected chi connectivity index (χ2v) is 5.62. The molecular weight excluding hydrogens is 260 g/mol. The van der Waals surface area contributed by atoms with Crippen LogP contribution in [-0.2, 0) is 13.0 Å². The lowest BCUT2D eigenvalue weighted by molar-refractivity contribution is 0.473. The van der Waals surface area contributed by atoms with Crippen LogP contribution in [0.4, 0.5) is 0 Å². The number of nitrogens with one attached hydrogen (secondary N) is 1. The van der Waals surface area contributed by atoms with E-state index in [9.17, 15) is 0 Å². The number of hydrogen-bond acceptors (Lipinski definition) is 3. The fourth-order valence-corrected chi connectivity index (χ4v) is 2.61. The molecule has 2 rings (SSSR count). The maximum Gasteiger partial charge on any atom is 0.0759 e. The Bertz CT molecular complexity index is 574. The van der Waals surface area contributed by atoms with Gasteiger partial charge in [0.25, 0.3) is 0 Å². The van der Waals surface area contributed by atoms with Crippen molar-refractivity contribution < 1.29 is 0 Å². The summed E-state index contributed by atoms with van der Waals surface area (Å²) in [5, 5.41) is 11.9. The Balaban J connectivity index is 2.22. The van der Waals surface area contributed by atoms with E-state index in [0.29, 0.717) is 0 Å². The summed E-state index contributed by atoms with van der Waals surface area (Å²) in [7, 11) is 0. The molecule has 1 atom stereocenters. The summed E-state index contributed by atoms with van der Waals surface area (Å²) in [5.74, 6) is 0. The Morgan fingerprint density at radius 3 is 2.67 bits per heavy atom. The van der Waals surface area contributed by atoms with Crippen LogP contribution in [0.25, 0.3) is 0 Å². The van der Waals surface area contributed by atoms with E-state index >= 15 is 0 Å². The van der Waals surface area contributed by atoms with Crippen molar-refractivity contribution in [2.45, 2.75) is 53.1 Å². The van der Waals surface area contributed by atoms with Crippen LogP contribution < -0.4 is 5.32 Å². The molecule has 4 heteroatoms. The number of aryl methyl sites for hydroxylation is 3. The van der Waals surface area contributed by atoms with E-state index in [2.05, 4.69) is 61.5 Å². The van der Waals surface area contributed by atoms with Gasteiger partial charge in [0.15, 0.2) is 0 Å². The van der Waals surface area contributed by atoms with Gasteiger partial charge in [0.1, 0.15) is 0 Å². The minimum absolute atomic E-state index is 0.263. The number of hydrogen-bond donors (Lipinski definition) is 1. The summed E-state index contributed by atoms with van der Waals surface area (Å²) >= 11 is 0. The van der Waals surface area contributed by atoms with E-state index in [0.717, 1.165) is 25.9 Å². The topological polar surface area (TPSA) is 42.7 Å². The lowest BCUT2D eigenvalue weighted by atomic mass is 9.99. The highest BCUT2D eigenvalue weighted by Gasteiger charge is 2.16. The largest absolute Gasteiger partial charge is 0.309 e. The normalized spacial score (nSPS) is 12.6. The summed E-state index contributed by atoms with van der Waals surface area (Å²) in [6, 6.07) is 6.97. The average Bonchev–Trinajstić information content (AvgIpc) is 2.91. The van der Waals surface area contributed by atoms with Crippen LogP contribution in [0, 0.1) is 13.8 Å². The first kappa shape index (κ1) is 15.7. The third-order valence-electron chi connectivity index (χ3n) is 3.90. The molecule has 0 bridgehead atoms. The highest BCUT2D eigenvalue weighted by Crippen LogP contribution is 2.20. The van der Waals surface area contributed by atoms with Crippen molar-refractivity contribution in [1.82, 2.24) is 20.3 Å². The second-order valence-electron chi connectivity index (χ2n) is 5.62. The van der Waals surface area contributed by atoms with E-state index in [-0.39, 0.29) is 6.04 Å². The molecule has 114 valence electrons. The molecule has 0 saturated carbocycles. The SMILES string of the molecule is CCCn1nncc1C(Cc1ccc(C)c(C)c1)NCC. The predicted molar refractivity (Wildman–Crippen MR) is 86.4 cm³/mol. The van der Waals surface area contributed by atoms with Crippen molar-refractivity contribution in [1.29, 1.82) is 0 Å². The molecule has 1 aromatic heterocycles. The molecule has 0 radical (unpaired) electrons. The zero-order valence-electron chi connectivity index (χ0n) is 13.6. The van der Waals surface area contributed by atoms with Gasteiger partial charge in [-0.25, -0.2) is 4.68 Å². The van der Waals surface area contributed by atoms with Crippen molar-refractivity contribution in [2.24, 2.45) is 0 Å². The number of benzene rings is 1. The van der Waals surface area contributed by atoms with Gasteiger partial charge in [-0.05, 0) is 49.9 Å². The lowest BCUT2D eigenvalue weighted by Gasteiger charge is -2.19. The molecule has 21 heavy (non-hydrogen) atoms. The summed E-state index contributed by atoms with van der Waals surface area (Å²) in [6.07, 6.45) is 3.93. The minimum Gasteiger partial charge on any atom is -0.309 e. The Kier molecular flexibility index (Phi) is 5.51. The molecule has 0 aliphatic heterocycles. The third-order valence-corrected chi connectivity index (χ3v) is 3.90. The fourth-order valence-electron chi connectivity index (χ4n) is 2.61. The predicted octanol–water partition coefficient (Wildman–Crippen LogP) is 3.20.